The van der Waals surface area contributed by atoms with E-state index in [2.05, 4.69) is 5.32 Å². The van der Waals surface area contributed by atoms with Gasteiger partial charge in [0, 0.05) is 11.6 Å². The van der Waals surface area contributed by atoms with Crippen LogP contribution < -0.4 is 5.32 Å². The Kier molecular flexibility index (Phi) is 5.63. The summed E-state index contributed by atoms with van der Waals surface area (Å²) < 4.78 is 5.31. The average Bonchev–Trinajstić information content (AvgIpc) is 2.57. The summed E-state index contributed by atoms with van der Waals surface area (Å²) >= 11 is 0. The lowest BCUT2D eigenvalue weighted by molar-refractivity contribution is -0.112. The van der Waals surface area contributed by atoms with Crippen LogP contribution in [0, 0.1) is 17.2 Å². The number of amides is 1. The Morgan fingerprint density at radius 1 is 1.42 bits per heavy atom. The number of nitrogens with one attached hydrogen (secondary N) is 1. The topological polar surface area (TPSA) is 103 Å². The highest BCUT2D eigenvalue weighted by molar-refractivity contribution is 6.06. The zero-order valence-electron chi connectivity index (χ0n) is 13.2. The minimum atomic E-state index is -0.534. The van der Waals surface area contributed by atoms with Crippen molar-refractivity contribution in [2.24, 2.45) is 5.92 Å². The Morgan fingerprint density at radius 2 is 2.12 bits per heavy atom. The predicted molar refractivity (Wildman–Crippen MR) is 89.0 cm³/mol. The van der Waals surface area contributed by atoms with Gasteiger partial charge in [-0.05, 0) is 49.8 Å². The normalized spacial score (nSPS) is 17.3. The van der Waals surface area contributed by atoms with E-state index in [4.69, 9.17) is 4.74 Å². The number of carbonyl (C=O) groups excluding carboxylic acids is 1. The second-order valence-corrected chi connectivity index (χ2v) is 5.15. The molecule has 1 aromatic carbocycles. The molecule has 1 amide bonds. The summed E-state index contributed by atoms with van der Waals surface area (Å²) in [6, 6.07) is 7.85. The van der Waals surface area contributed by atoms with Crippen molar-refractivity contribution in [1.29, 1.82) is 5.26 Å². The molecule has 1 aliphatic rings. The van der Waals surface area contributed by atoms with Crippen LogP contribution in [0.1, 0.15) is 13.3 Å². The molecule has 0 spiro atoms. The van der Waals surface area contributed by atoms with E-state index in [1.807, 2.05) is 6.07 Å². The van der Waals surface area contributed by atoms with E-state index >= 15 is 0 Å². The Morgan fingerprint density at radius 3 is 2.75 bits per heavy atom. The highest BCUT2D eigenvalue weighted by Gasteiger charge is 2.17. The molecule has 24 heavy (non-hydrogen) atoms. The van der Waals surface area contributed by atoms with Crippen LogP contribution in [0.25, 0.3) is 0 Å². The van der Waals surface area contributed by atoms with Crippen LogP contribution in [-0.4, -0.2) is 22.7 Å². The molecule has 6 heteroatoms. The Hall–Kier alpha value is -3.20. The summed E-state index contributed by atoms with van der Waals surface area (Å²) in [5.41, 5.74) is 0.445. The molecule has 1 atom stereocenters. The number of phenolic OH excluding ortho intramolecular Hbond substituents is 1. The van der Waals surface area contributed by atoms with Gasteiger partial charge in [0.05, 0.1) is 6.61 Å². The van der Waals surface area contributed by atoms with Crippen molar-refractivity contribution >= 4 is 11.6 Å². The van der Waals surface area contributed by atoms with Crippen molar-refractivity contribution in [2.75, 3.05) is 11.9 Å². The van der Waals surface area contributed by atoms with Crippen LogP contribution >= 0.6 is 0 Å². The number of phenols is 1. The van der Waals surface area contributed by atoms with Crippen molar-refractivity contribution in [2.45, 2.75) is 13.3 Å². The van der Waals surface area contributed by atoms with Crippen molar-refractivity contribution < 1.29 is 19.7 Å². The number of ether oxygens (including phenoxy) is 1. The lowest BCUT2D eigenvalue weighted by atomic mass is 9.96. The predicted octanol–water partition coefficient (Wildman–Crippen LogP) is 3.16. The van der Waals surface area contributed by atoms with E-state index in [9.17, 15) is 20.3 Å². The Bertz CT molecular complexity index is 739. The molecule has 0 radical (unpaired) electrons. The van der Waals surface area contributed by atoms with Gasteiger partial charge in [0.25, 0.3) is 5.91 Å². The molecule has 0 aliphatic heterocycles. The number of anilines is 1. The van der Waals surface area contributed by atoms with Gasteiger partial charge in [0.2, 0.25) is 0 Å². The number of aromatic hydroxyl groups is 1. The fraction of sp³-hybridized carbons (Fsp3) is 0.222. The van der Waals surface area contributed by atoms with Gasteiger partial charge >= 0.3 is 0 Å². The van der Waals surface area contributed by atoms with Gasteiger partial charge < -0.3 is 20.3 Å². The van der Waals surface area contributed by atoms with Crippen LogP contribution in [0.3, 0.4) is 0 Å². The fourth-order valence-corrected chi connectivity index (χ4v) is 2.21. The van der Waals surface area contributed by atoms with Crippen LogP contribution in [-0.2, 0) is 9.53 Å². The first-order chi connectivity index (χ1) is 11.5. The van der Waals surface area contributed by atoms with Crippen LogP contribution in [0.15, 0.2) is 59.6 Å². The maximum atomic E-state index is 12.2. The number of nitriles is 1. The quantitative estimate of drug-likeness (QED) is 0.438. The number of nitrogens with zero attached hydrogens (tertiary/aromatic N) is 1. The zero-order valence-corrected chi connectivity index (χ0v) is 13.2. The molecular formula is C18H18N2O4. The minimum absolute atomic E-state index is 0.0324. The van der Waals surface area contributed by atoms with E-state index < -0.39 is 5.91 Å². The highest BCUT2D eigenvalue weighted by atomic mass is 16.5. The third-order valence-corrected chi connectivity index (χ3v) is 3.37. The molecule has 0 saturated heterocycles. The van der Waals surface area contributed by atoms with E-state index in [0.717, 1.165) is 0 Å². The summed E-state index contributed by atoms with van der Waals surface area (Å²) in [7, 11) is 0. The second kappa shape index (κ2) is 7.88. The van der Waals surface area contributed by atoms with Gasteiger partial charge in [-0.25, -0.2) is 0 Å². The first-order valence-electron chi connectivity index (χ1n) is 7.50. The number of aliphatic hydroxyl groups excluding tert-OH is 1. The molecule has 3 N–H and O–H groups in total. The number of carbonyl (C=O) groups is 1. The number of benzene rings is 1. The van der Waals surface area contributed by atoms with Crippen molar-refractivity contribution in [1.82, 2.24) is 0 Å². The van der Waals surface area contributed by atoms with E-state index in [0.29, 0.717) is 24.5 Å². The molecule has 1 unspecified atom stereocenters. The van der Waals surface area contributed by atoms with Crippen molar-refractivity contribution in [3.05, 3.63) is 59.6 Å². The molecule has 0 saturated carbocycles. The summed E-state index contributed by atoms with van der Waals surface area (Å²) in [4.78, 5) is 12.2. The minimum Gasteiger partial charge on any atom is -0.508 e. The molecule has 2 rings (SSSR count). The highest BCUT2D eigenvalue weighted by Crippen LogP contribution is 2.24. The summed E-state index contributed by atoms with van der Waals surface area (Å²) in [5, 5.41) is 30.8. The van der Waals surface area contributed by atoms with Gasteiger partial charge in [-0.1, -0.05) is 6.08 Å². The average molecular weight is 326 g/mol. The molecule has 0 aromatic heterocycles. The van der Waals surface area contributed by atoms with E-state index in [1.165, 1.54) is 30.3 Å². The second-order valence-electron chi connectivity index (χ2n) is 5.15. The van der Waals surface area contributed by atoms with Crippen LogP contribution in [0.5, 0.6) is 5.75 Å². The Balaban J connectivity index is 2.12. The van der Waals surface area contributed by atoms with E-state index in [-0.39, 0.29) is 23.0 Å². The van der Waals surface area contributed by atoms with Crippen LogP contribution in [0.4, 0.5) is 5.69 Å². The monoisotopic (exact) mass is 326 g/mol. The van der Waals surface area contributed by atoms with Gasteiger partial charge in [0.15, 0.2) is 11.5 Å². The zero-order chi connectivity index (χ0) is 17.5. The summed E-state index contributed by atoms with van der Waals surface area (Å²) in [5.74, 6) is -0.253. The SMILES string of the molecule is CCOC1=CC(/C=C(/C#N)C(=O)Nc2ccc(O)cc2)CC=C1O. The van der Waals surface area contributed by atoms with Gasteiger partial charge in [-0.3, -0.25) is 4.79 Å². The van der Waals surface area contributed by atoms with Crippen molar-refractivity contribution in [3.8, 4) is 11.8 Å². The first-order valence-corrected chi connectivity index (χ1v) is 7.50. The maximum Gasteiger partial charge on any atom is 0.266 e. The standard InChI is InChI=1S/C18H18N2O4/c1-2-24-17-10-12(3-8-16(17)22)9-13(11-19)18(23)20-14-4-6-15(21)7-5-14/h4-10,12,21-22H,2-3H2,1H3,(H,20,23)/b13-9-. The number of rotatable bonds is 5. The summed E-state index contributed by atoms with van der Waals surface area (Å²) in [6.07, 6.45) is 5.29. The fourth-order valence-electron chi connectivity index (χ4n) is 2.21. The molecule has 6 nitrogen and oxygen atoms in total. The summed E-state index contributed by atoms with van der Waals surface area (Å²) in [6.45, 7) is 2.21. The lowest BCUT2D eigenvalue weighted by Crippen LogP contribution is -2.15. The number of hydrogen-bond donors (Lipinski definition) is 3. The molecule has 0 fully saturated rings. The van der Waals surface area contributed by atoms with Gasteiger partial charge in [-0.15, -0.1) is 0 Å². The smallest absolute Gasteiger partial charge is 0.266 e. The molecule has 0 bridgehead atoms. The molecule has 0 heterocycles. The van der Waals surface area contributed by atoms with E-state index in [1.54, 1.807) is 19.1 Å². The number of allylic oxidation sites excluding steroid dienone is 3. The maximum absolute atomic E-state index is 12.2. The van der Waals surface area contributed by atoms with Crippen LogP contribution in [0.2, 0.25) is 0 Å². The third-order valence-electron chi connectivity index (χ3n) is 3.37. The first kappa shape index (κ1) is 17.2. The number of hydrogen-bond acceptors (Lipinski definition) is 5. The van der Waals surface area contributed by atoms with Gasteiger partial charge in [0.1, 0.15) is 17.4 Å². The van der Waals surface area contributed by atoms with Crippen molar-refractivity contribution in [3.63, 3.8) is 0 Å². The molecule has 1 aromatic rings. The third kappa shape index (κ3) is 4.40. The molecular weight excluding hydrogens is 308 g/mol. The Labute approximate surface area is 140 Å². The lowest BCUT2D eigenvalue weighted by Gasteiger charge is -2.16. The largest absolute Gasteiger partial charge is 0.508 e. The molecule has 1 aliphatic carbocycles. The van der Waals surface area contributed by atoms with Gasteiger partial charge in [-0.2, -0.15) is 5.26 Å². The number of aliphatic hydroxyl groups is 1. The molecule has 124 valence electrons.